The average molecular weight is 366 g/mol. The number of allylic oxidation sites excluding steroid dienone is 6. The zero-order chi connectivity index (χ0) is 19.1. The molecule has 0 bridgehead atoms. The van der Waals surface area contributed by atoms with Gasteiger partial charge in [0, 0.05) is 16.9 Å². The summed E-state index contributed by atoms with van der Waals surface area (Å²) < 4.78 is 2.30. The number of aromatic hydroxyl groups is 1. The smallest absolute Gasteiger partial charge is 0.138 e. The largest absolute Gasteiger partial charge is 0.506 e. The van der Waals surface area contributed by atoms with Gasteiger partial charge in [-0.05, 0) is 60.2 Å². The number of nitrogens with zero attached hydrogens (tertiary/aromatic N) is 1. The van der Waals surface area contributed by atoms with Crippen molar-refractivity contribution in [3.8, 4) is 22.6 Å². The number of rotatable bonds is 2. The molecular weight excluding hydrogens is 344 g/mol. The van der Waals surface area contributed by atoms with Crippen LogP contribution in [0.5, 0.6) is 5.75 Å². The third-order valence-electron chi connectivity index (χ3n) is 5.59. The maximum atomic E-state index is 9.90. The van der Waals surface area contributed by atoms with Crippen LogP contribution in [0.15, 0.2) is 78.9 Å². The first kappa shape index (κ1) is 16.7. The molecule has 0 radical (unpaired) electrons. The van der Waals surface area contributed by atoms with Gasteiger partial charge in [-0.2, -0.15) is 0 Å². The van der Waals surface area contributed by atoms with Gasteiger partial charge in [0.15, 0.2) is 0 Å². The molecule has 138 valence electrons. The molecule has 3 aromatic rings. The molecule has 28 heavy (non-hydrogen) atoms. The van der Waals surface area contributed by atoms with Crippen LogP contribution in [0.25, 0.3) is 22.4 Å². The summed E-state index contributed by atoms with van der Waals surface area (Å²) in [7, 11) is 0. The van der Waals surface area contributed by atoms with Crippen LogP contribution in [0, 0.1) is 0 Å². The van der Waals surface area contributed by atoms with Crippen molar-refractivity contribution < 1.29 is 5.11 Å². The number of aryl methyl sites for hydroxylation is 1. The summed E-state index contributed by atoms with van der Waals surface area (Å²) >= 11 is 0. The molecule has 0 amide bonds. The topological polar surface area (TPSA) is 51.2 Å². The van der Waals surface area contributed by atoms with Crippen LogP contribution in [0.3, 0.4) is 0 Å². The first-order valence-corrected chi connectivity index (χ1v) is 9.68. The van der Waals surface area contributed by atoms with E-state index >= 15 is 0 Å². The first-order valence-electron chi connectivity index (χ1n) is 9.68. The van der Waals surface area contributed by atoms with Crippen molar-refractivity contribution in [3.63, 3.8) is 0 Å². The number of aromatic nitrogens is 1. The lowest BCUT2D eigenvalue weighted by atomic mass is 9.90. The molecule has 1 aromatic heterocycles. The fourth-order valence-electron chi connectivity index (χ4n) is 4.22. The van der Waals surface area contributed by atoms with Crippen LogP contribution in [0.4, 0.5) is 5.69 Å². The minimum Gasteiger partial charge on any atom is -0.506 e. The van der Waals surface area contributed by atoms with Gasteiger partial charge < -0.3 is 15.4 Å². The normalized spacial score (nSPS) is 14.9. The Morgan fingerprint density at radius 1 is 0.929 bits per heavy atom. The number of fused-ring (bicyclic) bond motifs is 3. The molecule has 0 aliphatic heterocycles. The predicted octanol–water partition coefficient (Wildman–Crippen LogP) is 5.43. The molecule has 1 heterocycles. The maximum Gasteiger partial charge on any atom is 0.138 e. The number of phenols is 1. The van der Waals surface area contributed by atoms with Gasteiger partial charge in [-0.25, -0.2) is 0 Å². The number of hydrogen-bond acceptors (Lipinski definition) is 2. The molecule has 0 saturated heterocycles. The number of benzene rings is 2. The Morgan fingerprint density at radius 2 is 1.82 bits per heavy atom. The minimum atomic E-state index is 0.119. The molecule has 2 aromatic carbocycles. The zero-order valence-corrected chi connectivity index (χ0v) is 15.6. The van der Waals surface area contributed by atoms with Crippen LogP contribution in [0.2, 0.25) is 0 Å². The Bertz CT molecular complexity index is 1160. The minimum absolute atomic E-state index is 0.119. The lowest BCUT2D eigenvalue weighted by molar-refractivity contribution is 0.478. The lowest BCUT2D eigenvalue weighted by Gasteiger charge is -2.20. The molecule has 0 unspecified atom stereocenters. The molecule has 3 heteroatoms. The van der Waals surface area contributed by atoms with E-state index in [9.17, 15) is 5.11 Å². The summed E-state index contributed by atoms with van der Waals surface area (Å²) in [4.78, 5) is 0. The molecular formula is C25H22N2O. The van der Waals surface area contributed by atoms with E-state index in [0.717, 1.165) is 30.6 Å². The van der Waals surface area contributed by atoms with E-state index in [2.05, 4.69) is 65.3 Å². The van der Waals surface area contributed by atoms with E-state index in [1.54, 1.807) is 6.07 Å². The molecule has 5 rings (SSSR count). The van der Waals surface area contributed by atoms with Crippen molar-refractivity contribution in [1.82, 2.24) is 4.57 Å². The highest BCUT2D eigenvalue weighted by Gasteiger charge is 2.24. The Kier molecular flexibility index (Phi) is 3.94. The molecule has 0 fully saturated rings. The number of nitrogen functional groups attached to an aromatic ring is 1. The van der Waals surface area contributed by atoms with Gasteiger partial charge in [-0.3, -0.25) is 0 Å². The summed E-state index contributed by atoms with van der Waals surface area (Å²) in [6, 6.07) is 16.4. The van der Waals surface area contributed by atoms with Crippen molar-refractivity contribution in [2.75, 3.05) is 5.73 Å². The summed E-state index contributed by atoms with van der Waals surface area (Å²) in [6.45, 7) is 0. The van der Waals surface area contributed by atoms with Crippen molar-refractivity contribution in [1.29, 1.82) is 0 Å². The number of hydrogen-bond donors (Lipinski definition) is 2. The summed E-state index contributed by atoms with van der Waals surface area (Å²) in [5, 5.41) is 9.90. The van der Waals surface area contributed by atoms with Crippen LogP contribution in [-0.2, 0) is 12.8 Å². The fraction of sp³-hybridized carbons (Fsp3) is 0.120. The molecule has 2 aliphatic rings. The van der Waals surface area contributed by atoms with Crippen LogP contribution in [-0.4, -0.2) is 9.67 Å². The monoisotopic (exact) mass is 366 g/mol. The Labute approximate surface area is 164 Å². The van der Waals surface area contributed by atoms with E-state index < -0.39 is 0 Å². The molecule has 0 atom stereocenters. The molecule has 3 N–H and O–H groups in total. The van der Waals surface area contributed by atoms with Crippen molar-refractivity contribution >= 4 is 11.3 Å². The van der Waals surface area contributed by atoms with Gasteiger partial charge in [-0.1, -0.05) is 54.6 Å². The van der Waals surface area contributed by atoms with Gasteiger partial charge >= 0.3 is 0 Å². The highest BCUT2D eigenvalue weighted by molar-refractivity contribution is 5.83. The Morgan fingerprint density at radius 3 is 2.71 bits per heavy atom. The average Bonchev–Trinajstić information content (AvgIpc) is 2.90. The highest BCUT2D eigenvalue weighted by atomic mass is 16.3. The van der Waals surface area contributed by atoms with E-state index in [1.807, 2.05) is 12.1 Å². The molecule has 2 aliphatic carbocycles. The maximum absolute atomic E-state index is 9.90. The lowest BCUT2D eigenvalue weighted by Crippen LogP contribution is -2.09. The van der Waals surface area contributed by atoms with Gasteiger partial charge in [0.05, 0.1) is 11.4 Å². The fourth-order valence-corrected chi connectivity index (χ4v) is 4.22. The second kappa shape index (κ2) is 6.61. The second-order valence-electron chi connectivity index (χ2n) is 7.31. The quantitative estimate of drug-likeness (QED) is 0.469. The standard InChI is InChI=1S/C25H22N2O/c26-22-15-19(12-14-25(22)28)27-23-13-11-17-7-5-6-10-20(17)21(23)16-24(27)18-8-3-1-2-4-9-18/h1,3-10,12,14-16,28H,2,11,13,26H2. The Hall–Kier alpha value is -3.46. The van der Waals surface area contributed by atoms with Gasteiger partial charge in [0.25, 0.3) is 0 Å². The SMILES string of the molecule is Nc1cc(-n2c(C3=CC=CCC=C3)cc3c2CCc2ccccc2-3)ccc1O. The number of phenolic OH excluding ortho intramolecular Hbond substituents is 1. The zero-order valence-electron chi connectivity index (χ0n) is 15.6. The molecule has 0 saturated carbocycles. The Balaban J connectivity index is 1.79. The van der Waals surface area contributed by atoms with E-state index in [-0.39, 0.29) is 5.75 Å². The number of anilines is 1. The van der Waals surface area contributed by atoms with Gasteiger partial charge in [0.2, 0.25) is 0 Å². The van der Waals surface area contributed by atoms with Crippen molar-refractivity contribution in [2.45, 2.75) is 19.3 Å². The summed E-state index contributed by atoms with van der Waals surface area (Å²) in [6.07, 6.45) is 13.7. The number of nitrogens with two attached hydrogens (primary N) is 1. The highest BCUT2D eigenvalue weighted by Crippen LogP contribution is 2.40. The van der Waals surface area contributed by atoms with Crippen molar-refractivity contribution in [2.24, 2.45) is 0 Å². The second-order valence-corrected chi connectivity index (χ2v) is 7.31. The predicted molar refractivity (Wildman–Crippen MR) is 116 cm³/mol. The van der Waals surface area contributed by atoms with Gasteiger partial charge in [0.1, 0.15) is 5.75 Å². The van der Waals surface area contributed by atoms with Crippen LogP contribution < -0.4 is 5.73 Å². The molecule has 3 nitrogen and oxygen atoms in total. The molecule has 0 spiro atoms. The van der Waals surface area contributed by atoms with Crippen LogP contribution >= 0.6 is 0 Å². The third kappa shape index (κ3) is 2.67. The van der Waals surface area contributed by atoms with E-state index in [1.165, 1.54) is 28.0 Å². The summed E-state index contributed by atoms with van der Waals surface area (Å²) in [5.41, 5.74) is 15.0. The van der Waals surface area contributed by atoms with Crippen molar-refractivity contribution in [3.05, 3.63) is 95.9 Å². The van der Waals surface area contributed by atoms with Crippen LogP contribution in [0.1, 0.15) is 23.4 Å². The summed E-state index contributed by atoms with van der Waals surface area (Å²) in [5.74, 6) is 0.119. The first-order chi connectivity index (χ1) is 13.7. The van der Waals surface area contributed by atoms with E-state index in [4.69, 9.17) is 5.73 Å². The van der Waals surface area contributed by atoms with Gasteiger partial charge in [-0.15, -0.1) is 0 Å². The third-order valence-corrected chi connectivity index (χ3v) is 5.59. The van der Waals surface area contributed by atoms with E-state index in [0.29, 0.717) is 5.69 Å².